The highest BCUT2D eigenvalue weighted by atomic mass is 19.1. The van der Waals surface area contributed by atoms with Gasteiger partial charge in [-0.25, -0.2) is 4.39 Å². The van der Waals surface area contributed by atoms with Crippen molar-refractivity contribution in [1.82, 2.24) is 5.32 Å². The van der Waals surface area contributed by atoms with Gasteiger partial charge in [0.05, 0.1) is 0 Å². The molecule has 3 nitrogen and oxygen atoms in total. The highest BCUT2D eigenvalue weighted by Gasteiger charge is 2.19. The van der Waals surface area contributed by atoms with Crippen LogP contribution in [0.15, 0.2) is 48.5 Å². The van der Waals surface area contributed by atoms with Gasteiger partial charge in [-0.3, -0.25) is 4.79 Å². The molecule has 26 heavy (non-hydrogen) atoms. The molecular formula is C22H28FNO2. The molecule has 0 saturated carbocycles. The molecule has 0 saturated heterocycles. The Kier molecular flexibility index (Phi) is 7.64. The van der Waals surface area contributed by atoms with E-state index in [1.54, 1.807) is 12.1 Å². The third kappa shape index (κ3) is 5.87. The van der Waals surface area contributed by atoms with Crippen molar-refractivity contribution in [3.05, 3.63) is 65.5 Å². The summed E-state index contributed by atoms with van der Waals surface area (Å²) in [6.45, 7) is 6.78. The number of carbonyl (C=O) groups is 1. The predicted molar refractivity (Wildman–Crippen MR) is 103 cm³/mol. The molecule has 1 N–H and O–H groups in total. The molecule has 0 aliphatic rings. The first kappa shape index (κ1) is 20.0. The summed E-state index contributed by atoms with van der Waals surface area (Å²) in [5.41, 5.74) is 2.59. The van der Waals surface area contributed by atoms with Crippen LogP contribution in [0, 0.1) is 5.82 Å². The quantitative estimate of drug-likeness (QED) is 0.651. The molecule has 0 unspecified atom stereocenters. The molecule has 4 heteroatoms. The average Bonchev–Trinajstić information content (AvgIpc) is 2.64. The fourth-order valence-electron chi connectivity index (χ4n) is 2.70. The van der Waals surface area contributed by atoms with Gasteiger partial charge >= 0.3 is 0 Å². The number of carbonyl (C=O) groups excluding carboxylic acids is 1. The van der Waals surface area contributed by atoms with Gasteiger partial charge in [0.1, 0.15) is 0 Å². The molecule has 2 rings (SSSR count). The van der Waals surface area contributed by atoms with E-state index in [0.717, 1.165) is 12.8 Å². The number of hydrogen-bond donors (Lipinski definition) is 1. The Morgan fingerprint density at radius 2 is 1.81 bits per heavy atom. The molecule has 0 aromatic heterocycles. The van der Waals surface area contributed by atoms with Crippen LogP contribution in [0.1, 0.15) is 50.7 Å². The van der Waals surface area contributed by atoms with E-state index >= 15 is 0 Å². The minimum Gasteiger partial charge on any atom is -0.478 e. The van der Waals surface area contributed by atoms with E-state index < -0.39 is 11.9 Å². The van der Waals surface area contributed by atoms with Crippen LogP contribution < -0.4 is 10.1 Å². The summed E-state index contributed by atoms with van der Waals surface area (Å²) in [5.74, 6) is -0.0157. The van der Waals surface area contributed by atoms with E-state index in [0.29, 0.717) is 18.9 Å². The summed E-state index contributed by atoms with van der Waals surface area (Å²) in [4.78, 5) is 12.3. The summed E-state index contributed by atoms with van der Waals surface area (Å²) >= 11 is 0. The zero-order chi connectivity index (χ0) is 18.9. The second-order valence-corrected chi connectivity index (χ2v) is 6.74. The van der Waals surface area contributed by atoms with Crippen LogP contribution in [0.3, 0.4) is 0 Å². The second-order valence-electron chi connectivity index (χ2n) is 6.74. The fraction of sp³-hybridized carbons (Fsp3) is 0.409. The van der Waals surface area contributed by atoms with Gasteiger partial charge < -0.3 is 10.1 Å². The summed E-state index contributed by atoms with van der Waals surface area (Å²) in [7, 11) is 0. The Hall–Kier alpha value is -2.36. The van der Waals surface area contributed by atoms with Crippen molar-refractivity contribution in [3.8, 4) is 5.75 Å². The minimum atomic E-state index is -0.683. The summed E-state index contributed by atoms with van der Waals surface area (Å²) < 4.78 is 19.2. The summed E-state index contributed by atoms with van der Waals surface area (Å²) in [5, 5.41) is 2.89. The van der Waals surface area contributed by atoms with Crippen LogP contribution in [0.25, 0.3) is 0 Å². The Morgan fingerprint density at radius 3 is 2.42 bits per heavy atom. The van der Waals surface area contributed by atoms with Crippen molar-refractivity contribution in [1.29, 1.82) is 0 Å². The lowest BCUT2D eigenvalue weighted by Crippen LogP contribution is -2.38. The zero-order valence-corrected chi connectivity index (χ0v) is 15.8. The Morgan fingerprint density at radius 1 is 1.12 bits per heavy atom. The van der Waals surface area contributed by atoms with Crippen LogP contribution in [0.4, 0.5) is 4.39 Å². The van der Waals surface area contributed by atoms with E-state index in [2.05, 4.69) is 43.4 Å². The van der Waals surface area contributed by atoms with Crippen molar-refractivity contribution < 1.29 is 13.9 Å². The minimum absolute atomic E-state index is 0.111. The van der Waals surface area contributed by atoms with Gasteiger partial charge in [-0.15, -0.1) is 0 Å². The standard InChI is InChI=1S/C22H28FNO2/c1-4-20(26-21-10-6-5-9-19(21)23)22(25)24-15-7-8-17-11-13-18(14-12-17)16(2)3/h5-6,9-14,16,20H,4,7-8,15H2,1-3H3,(H,24,25)/t20-/m1/s1. The Labute approximate surface area is 155 Å². The lowest BCUT2D eigenvalue weighted by molar-refractivity contribution is -0.128. The molecule has 0 bridgehead atoms. The van der Waals surface area contributed by atoms with Crippen LogP contribution in [0.2, 0.25) is 0 Å². The highest BCUT2D eigenvalue weighted by molar-refractivity contribution is 5.81. The SMILES string of the molecule is CC[C@@H](Oc1ccccc1F)C(=O)NCCCc1ccc(C(C)C)cc1. The molecule has 1 atom stereocenters. The zero-order valence-electron chi connectivity index (χ0n) is 15.8. The maximum Gasteiger partial charge on any atom is 0.261 e. The van der Waals surface area contributed by atoms with Gasteiger partial charge in [0.2, 0.25) is 0 Å². The number of nitrogens with one attached hydrogen (secondary N) is 1. The van der Waals surface area contributed by atoms with E-state index in [9.17, 15) is 9.18 Å². The maximum absolute atomic E-state index is 13.7. The highest BCUT2D eigenvalue weighted by Crippen LogP contribution is 2.18. The van der Waals surface area contributed by atoms with E-state index in [1.807, 2.05) is 6.92 Å². The number of para-hydroxylation sites is 1. The molecule has 0 heterocycles. The van der Waals surface area contributed by atoms with Crippen molar-refractivity contribution in [3.63, 3.8) is 0 Å². The topological polar surface area (TPSA) is 38.3 Å². The van der Waals surface area contributed by atoms with Gasteiger partial charge in [0.15, 0.2) is 17.7 Å². The first-order valence-corrected chi connectivity index (χ1v) is 9.29. The maximum atomic E-state index is 13.7. The van der Waals surface area contributed by atoms with Crippen LogP contribution in [0.5, 0.6) is 5.75 Å². The third-order valence-corrected chi connectivity index (χ3v) is 4.36. The van der Waals surface area contributed by atoms with Crippen LogP contribution >= 0.6 is 0 Å². The van der Waals surface area contributed by atoms with Gasteiger partial charge in [-0.05, 0) is 48.4 Å². The third-order valence-electron chi connectivity index (χ3n) is 4.36. The summed E-state index contributed by atoms with van der Waals surface area (Å²) in [6, 6.07) is 14.8. The molecule has 0 fully saturated rings. The normalized spacial score (nSPS) is 12.0. The fourth-order valence-corrected chi connectivity index (χ4v) is 2.70. The van der Waals surface area contributed by atoms with Gasteiger partial charge in [0, 0.05) is 6.54 Å². The number of hydrogen-bond acceptors (Lipinski definition) is 2. The van der Waals surface area contributed by atoms with Crippen molar-refractivity contribution in [2.45, 2.75) is 52.1 Å². The lowest BCUT2D eigenvalue weighted by atomic mass is 10.0. The largest absolute Gasteiger partial charge is 0.478 e. The Balaban J connectivity index is 1.77. The second kappa shape index (κ2) is 9.95. The number of amides is 1. The smallest absolute Gasteiger partial charge is 0.261 e. The number of rotatable bonds is 9. The summed E-state index contributed by atoms with van der Waals surface area (Å²) in [6.07, 6.45) is 1.56. The van der Waals surface area contributed by atoms with Gasteiger partial charge in [-0.1, -0.05) is 57.2 Å². The average molecular weight is 357 g/mol. The molecule has 0 aliphatic heterocycles. The first-order chi connectivity index (χ1) is 12.5. The monoisotopic (exact) mass is 357 g/mol. The van der Waals surface area contributed by atoms with Crippen LogP contribution in [-0.2, 0) is 11.2 Å². The van der Waals surface area contributed by atoms with Crippen molar-refractivity contribution in [2.24, 2.45) is 0 Å². The number of benzene rings is 2. The van der Waals surface area contributed by atoms with Crippen LogP contribution in [-0.4, -0.2) is 18.6 Å². The van der Waals surface area contributed by atoms with E-state index in [-0.39, 0.29) is 11.7 Å². The molecule has 0 spiro atoms. The van der Waals surface area contributed by atoms with Crippen molar-refractivity contribution >= 4 is 5.91 Å². The molecule has 2 aromatic carbocycles. The molecule has 1 amide bonds. The number of halogens is 1. The molecule has 0 aliphatic carbocycles. The lowest BCUT2D eigenvalue weighted by Gasteiger charge is -2.17. The number of aryl methyl sites for hydroxylation is 1. The Bertz CT molecular complexity index is 698. The van der Waals surface area contributed by atoms with Crippen molar-refractivity contribution in [2.75, 3.05) is 6.54 Å². The molecule has 0 radical (unpaired) electrons. The molecule has 140 valence electrons. The number of ether oxygens (including phenoxy) is 1. The molecular weight excluding hydrogens is 329 g/mol. The molecule has 2 aromatic rings. The predicted octanol–water partition coefficient (Wildman–Crippen LogP) is 4.86. The van der Waals surface area contributed by atoms with E-state index in [1.165, 1.54) is 23.3 Å². The van der Waals surface area contributed by atoms with Gasteiger partial charge in [-0.2, -0.15) is 0 Å². The first-order valence-electron chi connectivity index (χ1n) is 9.29. The van der Waals surface area contributed by atoms with E-state index in [4.69, 9.17) is 4.74 Å². The van der Waals surface area contributed by atoms with Gasteiger partial charge in [0.25, 0.3) is 5.91 Å².